The van der Waals surface area contributed by atoms with Gasteiger partial charge in [-0.2, -0.15) is 0 Å². The zero-order valence-electron chi connectivity index (χ0n) is 11.9. The second kappa shape index (κ2) is 6.78. The summed E-state index contributed by atoms with van der Waals surface area (Å²) in [6, 6.07) is 6.55. The van der Waals surface area contributed by atoms with Crippen molar-refractivity contribution < 1.29 is 9.59 Å². The minimum absolute atomic E-state index is 0.163. The van der Waals surface area contributed by atoms with Crippen LogP contribution >= 0.6 is 11.6 Å². The number of urea groups is 1. The van der Waals surface area contributed by atoms with Crippen LogP contribution in [0.5, 0.6) is 0 Å². The lowest BCUT2D eigenvalue weighted by molar-refractivity contribution is -0.123. The molecule has 0 bridgehead atoms. The highest BCUT2D eigenvalue weighted by Gasteiger charge is 2.26. The lowest BCUT2D eigenvalue weighted by Crippen LogP contribution is -2.55. The van der Waals surface area contributed by atoms with E-state index in [0.29, 0.717) is 36.9 Å². The van der Waals surface area contributed by atoms with E-state index in [9.17, 15) is 9.59 Å². The molecule has 3 amide bonds. The van der Waals surface area contributed by atoms with E-state index < -0.39 is 0 Å². The van der Waals surface area contributed by atoms with Gasteiger partial charge in [-0.3, -0.25) is 9.69 Å². The highest BCUT2D eigenvalue weighted by Crippen LogP contribution is 2.16. The van der Waals surface area contributed by atoms with Crippen LogP contribution in [0, 0.1) is 0 Å². The molecule has 1 heterocycles. The third kappa shape index (κ3) is 4.09. The number of nitrogens with two attached hydrogens (primary N) is 1. The maximum atomic E-state index is 12.2. The number of carbonyl (C=O) groups excluding carboxylic acids is 2. The standard InChI is InChI=1S/C14H19ClN4O2/c1-10(13(16)20)18-5-7-19(8-6-18)14(21)17-12-4-2-3-11(15)9-12/h2-4,9-10H,5-8H2,1H3,(H2,16,20)(H,17,21). The predicted molar refractivity (Wildman–Crippen MR) is 82.3 cm³/mol. The van der Waals surface area contributed by atoms with Crippen LogP contribution in [0.1, 0.15) is 6.92 Å². The summed E-state index contributed by atoms with van der Waals surface area (Å²) in [7, 11) is 0. The number of hydrogen-bond acceptors (Lipinski definition) is 3. The normalized spacial score (nSPS) is 17.3. The average Bonchev–Trinajstić information content (AvgIpc) is 2.46. The van der Waals surface area contributed by atoms with Crippen LogP contribution in [0.4, 0.5) is 10.5 Å². The van der Waals surface area contributed by atoms with E-state index in [-0.39, 0.29) is 18.0 Å². The van der Waals surface area contributed by atoms with E-state index in [0.717, 1.165) is 0 Å². The van der Waals surface area contributed by atoms with Crippen molar-refractivity contribution in [3.05, 3.63) is 29.3 Å². The number of carbonyl (C=O) groups is 2. The molecule has 7 heteroatoms. The first-order chi connectivity index (χ1) is 9.97. The maximum Gasteiger partial charge on any atom is 0.321 e. The van der Waals surface area contributed by atoms with Gasteiger partial charge in [0.05, 0.1) is 6.04 Å². The lowest BCUT2D eigenvalue weighted by atomic mass is 10.2. The fraction of sp³-hybridized carbons (Fsp3) is 0.429. The minimum Gasteiger partial charge on any atom is -0.368 e. The van der Waals surface area contributed by atoms with Crippen molar-refractivity contribution in [1.82, 2.24) is 9.80 Å². The summed E-state index contributed by atoms with van der Waals surface area (Å²) in [5, 5.41) is 3.39. The lowest BCUT2D eigenvalue weighted by Gasteiger charge is -2.36. The molecule has 1 aromatic rings. The van der Waals surface area contributed by atoms with Crippen LogP contribution < -0.4 is 11.1 Å². The number of piperazine rings is 1. The topological polar surface area (TPSA) is 78.7 Å². The van der Waals surface area contributed by atoms with Gasteiger partial charge in [-0.15, -0.1) is 0 Å². The van der Waals surface area contributed by atoms with E-state index >= 15 is 0 Å². The summed E-state index contributed by atoms with van der Waals surface area (Å²) in [4.78, 5) is 27.0. The molecule has 1 saturated heterocycles. The van der Waals surface area contributed by atoms with Crippen LogP contribution in [0.15, 0.2) is 24.3 Å². The number of anilines is 1. The van der Waals surface area contributed by atoms with Crippen molar-refractivity contribution in [1.29, 1.82) is 0 Å². The first kappa shape index (κ1) is 15.6. The number of hydrogen-bond donors (Lipinski definition) is 2. The van der Waals surface area contributed by atoms with E-state index in [4.69, 9.17) is 17.3 Å². The number of benzene rings is 1. The van der Waals surface area contributed by atoms with Crippen molar-refractivity contribution in [2.45, 2.75) is 13.0 Å². The van der Waals surface area contributed by atoms with Gasteiger partial charge < -0.3 is 16.0 Å². The first-order valence-electron chi connectivity index (χ1n) is 6.82. The highest BCUT2D eigenvalue weighted by atomic mass is 35.5. The van der Waals surface area contributed by atoms with Crippen molar-refractivity contribution in [3.63, 3.8) is 0 Å². The maximum absolute atomic E-state index is 12.2. The monoisotopic (exact) mass is 310 g/mol. The van der Waals surface area contributed by atoms with Crippen molar-refractivity contribution in [2.24, 2.45) is 5.73 Å². The number of amides is 3. The molecule has 0 spiro atoms. The fourth-order valence-corrected chi connectivity index (χ4v) is 2.45. The van der Waals surface area contributed by atoms with Crippen LogP contribution in [0.3, 0.4) is 0 Å². The van der Waals surface area contributed by atoms with Gasteiger partial charge in [-0.1, -0.05) is 17.7 Å². The van der Waals surface area contributed by atoms with Crippen molar-refractivity contribution >= 4 is 29.2 Å². The summed E-state index contributed by atoms with van der Waals surface area (Å²) in [5.41, 5.74) is 5.96. The van der Waals surface area contributed by atoms with Gasteiger partial charge in [0.2, 0.25) is 5.91 Å². The summed E-state index contributed by atoms with van der Waals surface area (Å²) in [6.45, 7) is 4.16. The van der Waals surface area contributed by atoms with Gasteiger partial charge in [-0.05, 0) is 25.1 Å². The van der Waals surface area contributed by atoms with Crippen molar-refractivity contribution in [2.75, 3.05) is 31.5 Å². The van der Waals surface area contributed by atoms with Gasteiger partial charge in [-0.25, -0.2) is 4.79 Å². The van der Waals surface area contributed by atoms with Gasteiger partial charge in [0.1, 0.15) is 0 Å². The molecule has 1 aliphatic heterocycles. The van der Waals surface area contributed by atoms with Crippen LogP contribution in [0.2, 0.25) is 5.02 Å². The molecular weight excluding hydrogens is 292 g/mol. The van der Waals surface area contributed by atoms with Crippen LogP contribution in [-0.4, -0.2) is 54.0 Å². The van der Waals surface area contributed by atoms with E-state index in [1.54, 1.807) is 36.1 Å². The Kier molecular flexibility index (Phi) is 5.03. The summed E-state index contributed by atoms with van der Waals surface area (Å²) in [5.74, 6) is -0.341. The molecule has 114 valence electrons. The smallest absolute Gasteiger partial charge is 0.321 e. The zero-order chi connectivity index (χ0) is 15.4. The molecule has 1 atom stereocenters. The van der Waals surface area contributed by atoms with Gasteiger partial charge in [0.25, 0.3) is 0 Å². The van der Waals surface area contributed by atoms with E-state index in [1.165, 1.54) is 0 Å². The molecular formula is C14H19ClN4O2. The molecule has 1 aromatic carbocycles. The second-order valence-corrected chi connectivity index (χ2v) is 5.48. The molecule has 1 fully saturated rings. The Hall–Kier alpha value is -1.79. The molecule has 3 N–H and O–H groups in total. The van der Waals surface area contributed by atoms with Crippen molar-refractivity contribution in [3.8, 4) is 0 Å². The van der Waals surface area contributed by atoms with E-state index in [1.807, 2.05) is 4.90 Å². The highest BCUT2D eigenvalue weighted by molar-refractivity contribution is 6.30. The zero-order valence-corrected chi connectivity index (χ0v) is 12.6. The Morgan fingerprint density at radius 1 is 1.29 bits per heavy atom. The second-order valence-electron chi connectivity index (χ2n) is 5.04. The largest absolute Gasteiger partial charge is 0.368 e. The van der Waals surface area contributed by atoms with E-state index in [2.05, 4.69) is 5.32 Å². The minimum atomic E-state index is -0.341. The Morgan fingerprint density at radius 2 is 1.95 bits per heavy atom. The average molecular weight is 311 g/mol. The van der Waals surface area contributed by atoms with Gasteiger partial charge in [0, 0.05) is 36.9 Å². The summed E-state index contributed by atoms with van der Waals surface area (Å²) < 4.78 is 0. The molecule has 6 nitrogen and oxygen atoms in total. The Morgan fingerprint density at radius 3 is 2.52 bits per heavy atom. The molecule has 0 radical (unpaired) electrons. The number of rotatable bonds is 3. The number of nitrogens with zero attached hydrogens (tertiary/aromatic N) is 2. The molecule has 1 unspecified atom stereocenters. The SMILES string of the molecule is CC(C(N)=O)N1CCN(C(=O)Nc2cccc(Cl)c2)CC1. The molecule has 21 heavy (non-hydrogen) atoms. The van der Waals surface area contributed by atoms with Crippen LogP contribution in [-0.2, 0) is 4.79 Å². The quantitative estimate of drug-likeness (QED) is 0.885. The Balaban J connectivity index is 1.87. The van der Waals surface area contributed by atoms with Gasteiger partial charge in [0.15, 0.2) is 0 Å². The number of primary amides is 1. The number of nitrogens with one attached hydrogen (secondary N) is 1. The fourth-order valence-electron chi connectivity index (χ4n) is 2.26. The first-order valence-corrected chi connectivity index (χ1v) is 7.20. The third-order valence-corrected chi connectivity index (χ3v) is 3.87. The summed E-state index contributed by atoms with van der Waals surface area (Å²) >= 11 is 5.88. The van der Waals surface area contributed by atoms with Gasteiger partial charge >= 0.3 is 6.03 Å². The molecule has 2 rings (SSSR count). The third-order valence-electron chi connectivity index (χ3n) is 3.64. The predicted octanol–water partition coefficient (Wildman–Crippen LogP) is 1.36. The molecule has 0 aromatic heterocycles. The number of halogens is 1. The Bertz CT molecular complexity index is 529. The summed E-state index contributed by atoms with van der Waals surface area (Å²) in [6.07, 6.45) is 0. The molecule has 0 aliphatic carbocycles. The molecule has 0 saturated carbocycles. The van der Waals surface area contributed by atoms with Crippen LogP contribution in [0.25, 0.3) is 0 Å². The molecule has 1 aliphatic rings. The Labute approximate surface area is 128 Å².